The highest BCUT2D eigenvalue weighted by atomic mass is 16.5. The van der Waals surface area contributed by atoms with Crippen LogP contribution in [0.2, 0.25) is 0 Å². The van der Waals surface area contributed by atoms with Crippen LogP contribution in [0.25, 0.3) is 0 Å². The van der Waals surface area contributed by atoms with E-state index in [2.05, 4.69) is 0 Å². The Kier molecular flexibility index (Phi) is 2.97. The number of carbonyl (C=O) groups is 1. The molecule has 0 radical (unpaired) electrons. The molecule has 0 saturated heterocycles. The van der Waals surface area contributed by atoms with Crippen LogP contribution in [0, 0.1) is 6.92 Å². The number of hydrogen-bond donors (Lipinski definition) is 1. The van der Waals surface area contributed by atoms with Crippen LogP contribution in [-0.4, -0.2) is 11.9 Å². The summed E-state index contributed by atoms with van der Waals surface area (Å²) in [7, 11) is 0. The minimum Gasteiger partial charge on any atom is -0.490 e. The standard InChI is InChI=1S/C17H17NO2/c1-10-7-14(18)4-5-15(10)17(19)12-3-6-16-13(9-12)8-11(2)20-16/h3-7,9,11H,8,18H2,1-2H3. The molecular weight excluding hydrogens is 250 g/mol. The number of ether oxygens (including phenoxy) is 1. The van der Waals surface area contributed by atoms with Gasteiger partial charge in [0.1, 0.15) is 11.9 Å². The van der Waals surface area contributed by atoms with E-state index in [1.807, 2.05) is 38.1 Å². The number of anilines is 1. The summed E-state index contributed by atoms with van der Waals surface area (Å²) in [5, 5.41) is 0. The molecule has 1 aliphatic heterocycles. The second-order valence-electron chi connectivity index (χ2n) is 5.36. The van der Waals surface area contributed by atoms with E-state index in [1.165, 1.54) is 0 Å². The molecule has 3 nitrogen and oxygen atoms in total. The molecule has 1 heterocycles. The molecule has 0 saturated carbocycles. The molecule has 102 valence electrons. The third-order valence-corrected chi connectivity index (χ3v) is 3.65. The van der Waals surface area contributed by atoms with Gasteiger partial charge in [0.05, 0.1) is 0 Å². The van der Waals surface area contributed by atoms with E-state index < -0.39 is 0 Å². The molecule has 0 spiro atoms. The monoisotopic (exact) mass is 267 g/mol. The van der Waals surface area contributed by atoms with Gasteiger partial charge in [-0.25, -0.2) is 0 Å². The molecule has 3 rings (SSSR count). The van der Waals surface area contributed by atoms with Crippen LogP contribution in [0.1, 0.15) is 34.0 Å². The molecule has 0 aliphatic carbocycles. The lowest BCUT2D eigenvalue weighted by Crippen LogP contribution is -2.05. The summed E-state index contributed by atoms with van der Waals surface area (Å²) in [6, 6.07) is 11.0. The maximum Gasteiger partial charge on any atom is 0.193 e. The third-order valence-electron chi connectivity index (χ3n) is 3.65. The summed E-state index contributed by atoms with van der Waals surface area (Å²) in [4.78, 5) is 12.6. The van der Waals surface area contributed by atoms with Gasteiger partial charge >= 0.3 is 0 Å². The Morgan fingerprint density at radius 3 is 2.80 bits per heavy atom. The van der Waals surface area contributed by atoms with Gasteiger partial charge in [0.15, 0.2) is 5.78 Å². The predicted molar refractivity (Wildman–Crippen MR) is 79.3 cm³/mol. The number of nitrogen functional groups attached to an aromatic ring is 1. The van der Waals surface area contributed by atoms with E-state index in [4.69, 9.17) is 10.5 Å². The average Bonchev–Trinajstić information content (AvgIpc) is 2.77. The number of fused-ring (bicyclic) bond motifs is 1. The Morgan fingerprint density at radius 1 is 1.25 bits per heavy atom. The van der Waals surface area contributed by atoms with Gasteiger partial charge in [-0.1, -0.05) is 0 Å². The lowest BCUT2D eigenvalue weighted by Gasteiger charge is -2.07. The molecule has 2 aromatic rings. The van der Waals surface area contributed by atoms with Crippen molar-refractivity contribution in [1.29, 1.82) is 0 Å². The minimum atomic E-state index is 0.0323. The van der Waals surface area contributed by atoms with Crippen LogP contribution in [0.3, 0.4) is 0 Å². The number of rotatable bonds is 2. The molecule has 20 heavy (non-hydrogen) atoms. The zero-order chi connectivity index (χ0) is 14.3. The summed E-state index contributed by atoms with van der Waals surface area (Å²) in [5.41, 5.74) is 9.82. The molecular formula is C17H17NO2. The predicted octanol–water partition coefficient (Wildman–Crippen LogP) is 3.13. The van der Waals surface area contributed by atoms with Crippen LogP contribution >= 0.6 is 0 Å². The molecule has 0 aromatic heterocycles. The number of benzene rings is 2. The molecule has 2 aromatic carbocycles. The van der Waals surface area contributed by atoms with Crippen molar-refractivity contribution < 1.29 is 9.53 Å². The first kappa shape index (κ1) is 12.7. The summed E-state index contributed by atoms with van der Waals surface area (Å²) < 4.78 is 5.66. The maximum atomic E-state index is 12.6. The van der Waals surface area contributed by atoms with E-state index in [-0.39, 0.29) is 11.9 Å². The molecule has 1 aliphatic rings. The Bertz CT molecular complexity index is 691. The van der Waals surface area contributed by atoms with Crippen molar-refractivity contribution in [3.05, 3.63) is 58.7 Å². The zero-order valence-corrected chi connectivity index (χ0v) is 11.6. The quantitative estimate of drug-likeness (QED) is 0.672. The van der Waals surface area contributed by atoms with Crippen molar-refractivity contribution in [2.24, 2.45) is 0 Å². The molecule has 1 atom stereocenters. The first-order valence-electron chi connectivity index (χ1n) is 6.75. The lowest BCUT2D eigenvalue weighted by molar-refractivity contribution is 0.103. The van der Waals surface area contributed by atoms with Gasteiger partial charge in [-0.3, -0.25) is 4.79 Å². The highest BCUT2D eigenvalue weighted by molar-refractivity contribution is 6.10. The third kappa shape index (κ3) is 2.16. The van der Waals surface area contributed by atoms with E-state index in [0.717, 1.165) is 23.3 Å². The van der Waals surface area contributed by atoms with Gasteiger partial charge in [-0.2, -0.15) is 0 Å². The fourth-order valence-corrected chi connectivity index (χ4v) is 2.66. The van der Waals surface area contributed by atoms with Crippen molar-refractivity contribution in [2.75, 3.05) is 5.73 Å². The largest absolute Gasteiger partial charge is 0.490 e. The molecule has 1 unspecified atom stereocenters. The summed E-state index contributed by atoms with van der Waals surface area (Å²) in [6.45, 7) is 3.94. The van der Waals surface area contributed by atoms with Crippen LogP contribution in [0.5, 0.6) is 5.75 Å². The van der Waals surface area contributed by atoms with Gasteiger partial charge in [0.25, 0.3) is 0 Å². The van der Waals surface area contributed by atoms with Gasteiger partial charge in [-0.15, -0.1) is 0 Å². The second-order valence-corrected chi connectivity index (χ2v) is 5.36. The molecule has 3 heteroatoms. The van der Waals surface area contributed by atoms with E-state index in [9.17, 15) is 4.79 Å². The van der Waals surface area contributed by atoms with Crippen molar-refractivity contribution in [1.82, 2.24) is 0 Å². The fraction of sp³-hybridized carbons (Fsp3) is 0.235. The number of ketones is 1. The smallest absolute Gasteiger partial charge is 0.193 e. The summed E-state index contributed by atoms with van der Waals surface area (Å²) in [5.74, 6) is 0.924. The van der Waals surface area contributed by atoms with Crippen LogP contribution in [-0.2, 0) is 6.42 Å². The summed E-state index contributed by atoms with van der Waals surface area (Å²) in [6.07, 6.45) is 1.05. The number of carbonyl (C=O) groups excluding carboxylic acids is 1. The Labute approximate surface area is 118 Å². The van der Waals surface area contributed by atoms with Crippen molar-refractivity contribution in [2.45, 2.75) is 26.4 Å². The van der Waals surface area contributed by atoms with Crippen molar-refractivity contribution in [3.63, 3.8) is 0 Å². The lowest BCUT2D eigenvalue weighted by atomic mass is 9.96. The van der Waals surface area contributed by atoms with Crippen LogP contribution in [0.4, 0.5) is 5.69 Å². The van der Waals surface area contributed by atoms with Gasteiger partial charge in [0.2, 0.25) is 0 Å². The molecule has 0 fully saturated rings. The molecule has 2 N–H and O–H groups in total. The molecule has 0 bridgehead atoms. The Hall–Kier alpha value is -2.29. The number of aryl methyl sites for hydroxylation is 1. The average molecular weight is 267 g/mol. The van der Waals surface area contributed by atoms with Crippen molar-refractivity contribution >= 4 is 11.5 Å². The molecule has 0 amide bonds. The van der Waals surface area contributed by atoms with E-state index >= 15 is 0 Å². The number of hydrogen-bond acceptors (Lipinski definition) is 3. The fourth-order valence-electron chi connectivity index (χ4n) is 2.66. The highest BCUT2D eigenvalue weighted by Gasteiger charge is 2.21. The van der Waals surface area contributed by atoms with Crippen LogP contribution < -0.4 is 10.5 Å². The highest BCUT2D eigenvalue weighted by Crippen LogP contribution is 2.30. The van der Waals surface area contributed by atoms with Gasteiger partial charge in [0, 0.05) is 23.2 Å². The van der Waals surface area contributed by atoms with E-state index in [1.54, 1.807) is 12.1 Å². The second kappa shape index (κ2) is 4.67. The van der Waals surface area contributed by atoms with Gasteiger partial charge < -0.3 is 10.5 Å². The van der Waals surface area contributed by atoms with Crippen LogP contribution in [0.15, 0.2) is 36.4 Å². The number of nitrogens with two attached hydrogens (primary N) is 1. The minimum absolute atomic E-state index is 0.0323. The maximum absolute atomic E-state index is 12.6. The first-order chi connectivity index (χ1) is 9.54. The zero-order valence-electron chi connectivity index (χ0n) is 11.6. The van der Waals surface area contributed by atoms with Gasteiger partial charge in [-0.05, 0) is 61.4 Å². The summed E-state index contributed by atoms with van der Waals surface area (Å²) >= 11 is 0. The SMILES string of the molecule is Cc1cc(N)ccc1C(=O)c1ccc2c(c1)CC(C)O2. The van der Waals surface area contributed by atoms with Crippen molar-refractivity contribution in [3.8, 4) is 5.75 Å². The Morgan fingerprint density at radius 2 is 2.05 bits per heavy atom. The Balaban J connectivity index is 1.97. The first-order valence-corrected chi connectivity index (χ1v) is 6.75. The normalized spacial score (nSPS) is 16.6. The van der Waals surface area contributed by atoms with E-state index in [0.29, 0.717) is 16.8 Å². The topological polar surface area (TPSA) is 52.3 Å².